The lowest BCUT2D eigenvalue weighted by Crippen LogP contribution is -2.53. The highest BCUT2D eigenvalue weighted by atomic mass is 16.8. The fourth-order valence-corrected chi connectivity index (χ4v) is 1.67. The normalized spacial score (nSPS) is 48.5. The molecule has 5 atom stereocenters. The van der Waals surface area contributed by atoms with Crippen molar-refractivity contribution in [3.05, 3.63) is 12.7 Å². The third-order valence-electron chi connectivity index (χ3n) is 2.56. The first-order valence-electron chi connectivity index (χ1n) is 4.70. The molecule has 2 heterocycles. The van der Waals surface area contributed by atoms with Gasteiger partial charge >= 0.3 is 0 Å². The molecule has 86 valence electrons. The van der Waals surface area contributed by atoms with E-state index >= 15 is 0 Å². The van der Waals surface area contributed by atoms with Gasteiger partial charge in [0.2, 0.25) is 5.79 Å². The zero-order valence-corrected chi connectivity index (χ0v) is 8.07. The zero-order valence-electron chi connectivity index (χ0n) is 8.07. The molecular formula is C9H14O6. The van der Waals surface area contributed by atoms with Gasteiger partial charge < -0.3 is 29.5 Å². The van der Waals surface area contributed by atoms with Crippen molar-refractivity contribution in [1.29, 1.82) is 0 Å². The lowest BCUT2D eigenvalue weighted by atomic mass is 10.0. The van der Waals surface area contributed by atoms with Crippen molar-refractivity contribution in [3.8, 4) is 0 Å². The molecule has 2 saturated heterocycles. The van der Waals surface area contributed by atoms with Crippen LogP contribution in [0.5, 0.6) is 0 Å². The lowest BCUT2D eigenvalue weighted by molar-refractivity contribution is -0.244. The fraction of sp³-hybridized carbons (Fsp3) is 0.778. The summed E-state index contributed by atoms with van der Waals surface area (Å²) in [6.07, 6.45) is -2.10. The van der Waals surface area contributed by atoms with Crippen LogP contribution >= 0.6 is 0 Å². The Kier molecular flexibility index (Phi) is 2.80. The van der Waals surface area contributed by atoms with Crippen LogP contribution in [-0.4, -0.2) is 58.9 Å². The highest BCUT2D eigenvalue weighted by Crippen LogP contribution is 2.46. The summed E-state index contributed by atoms with van der Waals surface area (Å²) in [7, 11) is 0. The molecule has 0 aromatic carbocycles. The highest BCUT2D eigenvalue weighted by Gasteiger charge is 2.70. The van der Waals surface area contributed by atoms with Gasteiger partial charge in [0.25, 0.3) is 0 Å². The van der Waals surface area contributed by atoms with E-state index in [9.17, 15) is 10.2 Å². The molecule has 0 spiro atoms. The molecule has 3 N–H and O–H groups in total. The van der Waals surface area contributed by atoms with Crippen LogP contribution in [-0.2, 0) is 14.2 Å². The molecule has 15 heavy (non-hydrogen) atoms. The van der Waals surface area contributed by atoms with Crippen molar-refractivity contribution < 1.29 is 29.5 Å². The predicted molar refractivity (Wildman–Crippen MR) is 47.7 cm³/mol. The van der Waals surface area contributed by atoms with E-state index in [1.54, 1.807) is 0 Å². The molecule has 6 heteroatoms. The van der Waals surface area contributed by atoms with Crippen molar-refractivity contribution in [2.45, 2.75) is 30.4 Å². The number of epoxide rings is 1. The minimum Gasteiger partial charge on any atom is -0.394 e. The molecule has 0 bridgehead atoms. The van der Waals surface area contributed by atoms with Crippen LogP contribution in [0.3, 0.4) is 0 Å². The van der Waals surface area contributed by atoms with Gasteiger partial charge in [0, 0.05) is 0 Å². The Morgan fingerprint density at radius 3 is 2.87 bits per heavy atom. The second-order valence-electron chi connectivity index (χ2n) is 3.58. The van der Waals surface area contributed by atoms with Gasteiger partial charge in [-0.15, -0.1) is 6.58 Å². The van der Waals surface area contributed by atoms with E-state index in [2.05, 4.69) is 6.58 Å². The van der Waals surface area contributed by atoms with Crippen molar-refractivity contribution in [1.82, 2.24) is 0 Å². The van der Waals surface area contributed by atoms with E-state index in [0.29, 0.717) is 0 Å². The number of aliphatic hydroxyl groups excluding tert-OH is 2. The molecule has 6 nitrogen and oxygen atoms in total. The van der Waals surface area contributed by atoms with E-state index in [0.717, 1.165) is 0 Å². The van der Waals surface area contributed by atoms with Gasteiger partial charge in [-0.2, -0.15) is 0 Å². The Bertz CT molecular complexity index is 257. The summed E-state index contributed by atoms with van der Waals surface area (Å²) in [6, 6.07) is 0. The largest absolute Gasteiger partial charge is 0.394 e. The maximum absolute atomic E-state index is 9.72. The van der Waals surface area contributed by atoms with E-state index < -0.39 is 37.0 Å². The topological polar surface area (TPSA) is 91.7 Å². The second-order valence-corrected chi connectivity index (χ2v) is 3.58. The molecule has 5 unspecified atom stereocenters. The third kappa shape index (κ3) is 1.69. The average molecular weight is 218 g/mol. The average Bonchev–Trinajstić information content (AvgIpc) is 2.92. The first kappa shape index (κ1) is 11.0. The molecular weight excluding hydrogens is 204 g/mol. The molecule has 0 amide bonds. The number of aliphatic hydroxyl groups is 3. The van der Waals surface area contributed by atoms with Gasteiger partial charge in [-0.25, -0.2) is 0 Å². The molecule has 0 aromatic heterocycles. The van der Waals surface area contributed by atoms with Gasteiger partial charge in [0.15, 0.2) is 12.4 Å². The standard InChI is InChI=1S/C9H14O6/c1-2-3-13-8-7-9(12,15-7)6(11)5(4-10)14-8/h2,5-8,10-12H,1,3-4H2. The van der Waals surface area contributed by atoms with Crippen LogP contribution in [0, 0.1) is 0 Å². The summed E-state index contributed by atoms with van der Waals surface area (Å²) in [5.74, 6) is -1.64. The second kappa shape index (κ2) is 3.82. The van der Waals surface area contributed by atoms with Crippen molar-refractivity contribution >= 4 is 0 Å². The zero-order chi connectivity index (χ0) is 11.1. The number of hydrogen-bond acceptors (Lipinski definition) is 6. The van der Waals surface area contributed by atoms with E-state index in [1.807, 2.05) is 0 Å². The Morgan fingerprint density at radius 1 is 1.53 bits per heavy atom. The number of fused-ring (bicyclic) bond motifs is 1. The number of ether oxygens (including phenoxy) is 3. The molecule has 2 aliphatic heterocycles. The Balaban J connectivity index is 2.01. The molecule has 2 rings (SSSR count). The van der Waals surface area contributed by atoms with Crippen LogP contribution in [0.25, 0.3) is 0 Å². The molecule has 0 saturated carbocycles. The van der Waals surface area contributed by atoms with Crippen LogP contribution in [0.1, 0.15) is 0 Å². The summed E-state index contributed by atoms with van der Waals surface area (Å²) in [5, 5.41) is 28.2. The van der Waals surface area contributed by atoms with Gasteiger partial charge in [0.1, 0.15) is 12.2 Å². The first-order chi connectivity index (χ1) is 7.13. The SMILES string of the molecule is C=CCOC1OC(CO)C(O)C2(O)OC12. The van der Waals surface area contributed by atoms with Gasteiger partial charge in [0.05, 0.1) is 13.2 Å². The predicted octanol–water partition coefficient (Wildman–Crippen LogP) is -1.65. The summed E-state index contributed by atoms with van der Waals surface area (Å²) >= 11 is 0. The monoisotopic (exact) mass is 218 g/mol. The van der Waals surface area contributed by atoms with Crippen LogP contribution in [0.2, 0.25) is 0 Å². The van der Waals surface area contributed by atoms with Gasteiger partial charge in [-0.1, -0.05) is 6.08 Å². The third-order valence-corrected chi connectivity index (χ3v) is 2.56. The van der Waals surface area contributed by atoms with Gasteiger partial charge in [-0.3, -0.25) is 0 Å². The highest BCUT2D eigenvalue weighted by molar-refractivity contribution is 5.07. The first-order valence-corrected chi connectivity index (χ1v) is 4.70. The molecule has 2 fully saturated rings. The lowest BCUT2D eigenvalue weighted by Gasteiger charge is -2.32. The smallest absolute Gasteiger partial charge is 0.227 e. The number of rotatable bonds is 4. The van der Waals surface area contributed by atoms with Gasteiger partial charge in [-0.05, 0) is 0 Å². The van der Waals surface area contributed by atoms with E-state index in [4.69, 9.17) is 19.3 Å². The summed E-state index contributed by atoms with van der Waals surface area (Å²) in [6.45, 7) is 3.31. The minimum atomic E-state index is -1.64. The minimum absolute atomic E-state index is 0.245. The Morgan fingerprint density at radius 2 is 2.27 bits per heavy atom. The van der Waals surface area contributed by atoms with E-state index in [-0.39, 0.29) is 6.61 Å². The van der Waals surface area contributed by atoms with Crippen LogP contribution < -0.4 is 0 Å². The molecule has 2 aliphatic rings. The Hall–Kier alpha value is -0.500. The maximum Gasteiger partial charge on any atom is 0.227 e. The van der Waals surface area contributed by atoms with Crippen LogP contribution in [0.15, 0.2) is 12.7 Å². The van der Waals surface area contributed by atoms with Crippen molar-refractivity contribution in [2.75, 3.05) is 13.2 Å². The van der Waals surface area contributed by atoms with E-state index in [1.165, 1.54) is 6.08 Å². The van der Waals surface area contributed by atoms with Crippen LogP contribution in [0.4, 0.5) is 0 Å². The van der Waals surface area contributed by atoms with Crippen molar-refractivity contribution in [3.63, 3.8) is 0 Å². The summed E-state index contributed by atoms with van der Waals surface area (Å²) in [5.41, 5.74) is 0. The quantitative estimate of drug-likeness (QED) is 0.387. The molecule has 0 radical (unpaired) electrons. The molecule has 0 aliphatic carbocycles. The fourth-order valence-electron chi connectivity index (χ4n) is 1.67. The maximum atomic E-state index is 9.72. The summed E-state index contributed by atoms with van der Waals surface area (Å²) < 4.78 is 15.3. The number of hydrogen-bond donors (Lipinski definition) is 3. The molecule has 0 aromatic rings. The Labute approximate surface area is 86.7 Å². The van der Waals surface area contributed by atoms with Crippen molar-refractivity contribution in [2.24, 2.45) is 0 Å². The summed E-state index contributed by atoms with van der Waals surface area (Å²) in [4.78, 5) is 0.